The van der Waals surface area contributed by atoms with Crippen LogP contribution in [0.15, 0.2) is 22.8 Å². The van der Waals surface area contributed by atoms with Crippen LogP contribution in [0.25, 0.3) is 0 Å². The summed E-state index contributed by atoms with van der Waals surface area (Å²) in [6.45, 7) is 4.40. The summed E-state index contributed by atoms with van der Waals surface area (Å²) in [5.74, 6) is 2.07. The van der Waals surface area contributed by atoms with Gasteiger partial charge in [0.05, 0.1) is 11.1 Å². The number of nitrogens with one attached hydrogen (secondary N) is 1. The Morgan fingerprint density at radius 2 is 2.46 bits per heavy atom. The summed E-state index contributed by atoms with van der Waals surface area (Å²) in [6, 6.07) is 4.00. The number of furan rings is 1. The molecule has 1 aliphatic rings. The lowest BCUT2D eigenvalue weighted by Gasteiger charge is -2.34. The van der Waals surface area contributed by atoms with Gasteiger partial charge >= 0.3 is 0 Å². The van der Waals surface area contributed by atoms with E-state index in [-0.39, 0.29) is 4.87 Å². The normalized spacial score (nSPS) is 27.4. The van der Waals surface area contributed by atoms with E-state index in [1.165, 1.54) is 0 Å². The van der Waals surface area contributed by atoms with E-state index in [4.69, 9.17) is 4.42 Å². The average molecular weight is 215 g/mol. The van der Waals surface area contributed by atoms with Gasteiger partial charge in [-0.2, -0.15) is 0 Å². The summed E-state index contributed by atoms with van der Waals surface area (Å²) in [5, 5.41) is 3.43. The molecule has 4 heteroatoms. The Balaban J connectivity index is 2.09. The molecule has 1 atom stereocenters. The summed E-state index contributed by atoms with van der Waals surface area (Å²) in [6.07, 6.45) is 1.74. The highest BCUT2D eigenvalue weighted by Crippen LogP contribution is 2.47. The van der Waals surface area contributed by atoms with Gasteiger partial charge in [-0.1, -0.05) is 0 Å². The third-order valence-electron chi connectivity index (χ3n) is 1.91. The Morgan fingerprint density at radius 1 is 1.62 bits per heavy atom. The van der Waals surface area contributed by atoms with E-state index in [0.717, 1.165) is 11.6 Å². The minimum absolute atomic E-state index is 0.155. The summed E-state index contributed by atoms with van der Waals surface area (Å²) in [4.78, 5) is 0.155. The van der Waals surface area contributed by atoms with Crippen LogP contribution in [0.3, 0.4) is 0 Å². The van der Waals surface area contributed by atoms with E-state index in [1.54, 1.807) is 6.26 Å². The van der Waals surface area contributed by atoms with E-state index < -0.39 is 0 Å². The fourth-order valence-corrected chi connectivity index (χ4v) is 4.32. The van der Waals surface area contributed by atoms with Crippen molar-refractivity contribution in [1.29, 1.82) is 0 Å². The van der Waals surface area contributed by atoms with Crippen LogP contribution in [0.1, 0.15) is 24.2 Å². The largest absolute Gasteiger partial charge is 0.467 e. The first-order valence-corrected chi connectivity index (χ1v) is 6.18. The predicted octanol–water partition coefficient (Wildman–Crippen LogP) is 3.04. The van der Waals surface area contributed by atoms with Crippen LogP contribution >= 0.6 is 23.5 Å². The molecule has 0 aromatic carbocycles. The highest BCUT2D eigenvalue weighted by atomic mass is 32.2. The minimum Gasteiger partial charge on any atom is -0.467 e. The van der Waals surface area contributed by atoms with Crippen LogP contribution in [0.4, 0.5) is 0 Å². The highest BCUT2D eigenvalue weighted by Gasteiger charge is 2.30. The van der Waals surface area contributed by atoms with Gasteiger partial charge in [0.2, 0.25) is 0 Å². The molecule has 2 heterocycles. The minimum atomic E-state index is 0.155. The lowest BCUT2D eigenvalue weighted by Crippen LogP contribution is -2.39. The van der Waals surface area contributed by atoms with E-state index in [1.807, 2.05) is 35.7 Å². The molecule has 1 aromatic heterocycles. The van der Waals surface area contributed by atoms with Crippen LogP contribution in [0, 0.1) is 0 Å². The Hall–Kier alpha value is -0.0600. The highest BCUT2D eigenvalue weighted by molar-refractivity contribution is 8.17. The summed E-state index contributed by atoms with van der Waals surface area (Å²) >= 11 is 3.79. The standard InChI is InChI=1S/C9H13NOS2/c1-9(2)10-6-12-8(13-9)7-4-3-5-11-7/h3-5,8,10H,6H2,1-2H3. The van der Waals surface area contributed by atoms with Crippen molar-refractivity contribution in [2.75, 3.05) is 5.88 Å². The second-order valence-corrected chi connectivity index (χ2v) is 6.58. The molecule has 1 N–H and O–H groups in total. The van der Waals surface area contributed by atoms with Crippen LogP contribution in [-0.2, 0) is 0 Å². The average Bonchev–Trinajstić information content (AvgIpc) is 2.53. The second-order valence-electron chi connectivity index (χ2n) is 3.46. The van der Waals surface area contributed by atoms with Crippen LogP contribution < -0.4 is 5.32 Å². The van der Waals surface area contributed by atoms with E-state index in [0.29, 0.717) is 4.58 Å². The van der Waals surface area contributed by atoms with Crippen LogP contribution in [-0.4, -0.2) is 10.7 Å². The maximum absolute atomic E-state index is 5.40. The molecule has 72 valence electrons. The Bertz CT molecular complexity index is 271. The zero-order valence-electron chi connectivity index (χ0n) is 7.74. The van der Waals surface area contributed by atoms with E-state index >= 15 is 0 Å². The van der Waals surface area contributed by atoms with Gasteiger partial charge in [-0.3, -0.25) is 5.32 Å². The SMILES string of the molecule is CC1(C)NCSC(c2ccco2)S1. The van der Waals surface area contributed by atoms with Crippen molar-refractivity contribution in [3.05, 3.63) is 24.2 Å². The van der Waals surface area contributed by atoms with E-state index in [9.17, 15) is 0 Å². The molecule has 1 fully saturated rings. The third kappa shape index (κ3) is 2.24. The molecule has 0 amide bonds. The van der Waals surface area contributed by atoms with Crippen molar-refractivity contribution in [1.82, 2.24) is 5.32 Å². The Kier molecular flexibility index (Phi) is 2.62. The van der Waals surface area contributed by atoms with Gasteiger partial charge in [-0.05, 0) is 26.0 Å². The van der Waals surface area contributed by atoms with Crippen molar-refractivity contribution >= 4 is 23.5 Å². The lowest BCUT2D eigenvalue weighted by atomic mass is 10.4. The Labute approximate surface area is 86.8 Å². The van der Waals surface area contributed by atoms with Gasteiger partial charge in [0.25, 0.3) is 0 Å². The van der Waals surface area contributed by atoms with Crippen molar-refractivity contribution in [3.8, 4) is 0 Å². The lowest BCUT2D eigenvalue weighted by molar-refractivity contribution is 0.521. The van der Waals surface area contributed by atoms with Crippen molar-refractivity contribution in [2.45, 2.75) is 23.3 Å². The molecule has 0 spiro atoms. The van der Waals surface area contributed by atoms with Crippen LogP contribution in [0.2, 0.25) is 0 Å². The monoisotopic (exact) mass is 215 g/mol. The molecule has 1 aliphatic heterocycles. The van der Waals surface area contributed by atoms with Gasteiger partial charge in [0.15, 0.2) is 0 Å². The van der Waals surface area contributed by atoms with Gasteiger partial charge in [0, 0.05) is 5.88 Å². The molecule has 13 heavy (non-hydrogen) atoms. The summed E-state index contributed by atoms with van der Waals surface area (Å²) in [7, 11) is 0. The first-order valence-electron chi connectivity index (χ1n) is 4.25. The summed E-state index contributed by atoms with van der Waals surface area (Å²) in [5.41, 5.74) is 0. The van der Waals surface area contributed by atoms with Gasteiger partial charge < -0.3 is 4.42 Å². The smallest absolute Gasteiger partial charge is 0.126 e. The molecule has 1 aromatic rings. The zero-order chi connectivity index (χ0) is 9.31. The maximum atomic E-state index is 5.40. The molecule has 2 nitrogen and oxygen atoms in total. The fraction of sp³-hybridized carbons (Fsp3) is 0.556. The molecule has 1 unspecified atom stereocenters. The molecular formula is C9H13NOS2. The molecule has 0 radical (unpaired) electrons. The van der Waals surface area contributed by atoms with Gasteiger partial charge in [-0.25, -0.2) is 0 Å². The van der Waals surface area contributed by atoms with Crippen molar-refractivity contribution in [3.63, 3.8) is 0 Å². The number of hydrogen-bond acceptors (Lipinski definition) is 4. The maximum Gasteiger partial charge on any atom is 0.126 e. The Morgan fingerprint density at radius 3 is 3.08 bits per heavy atom. The van der Waals surface area contributed by atoms with Crippen molar-refractivity contribution in [2.24, 2.45) is 0 Å². The molecular weight excluding hydrogens is 202 g/mol. The second kappa shape index (κ2) is 3.59. The topological polar surface area (TPSA) is 25.2 Å². The quantitative estimate of drug-likeness (QED) is 0.778. The number of thioether (sulfide) groups is 2. The van der Waals surface area contributed by atoms with Gasteiger partial charge in [0.1, 0.15) is 10.3 Å². The number of rotatable bonds is 1. The van der Waals surface area contributed by atoms with Crippen LogP contribution in [0.5, 0.6) is 0 Å². The molecule has 1 saturated heterocycles. The van der Waals surface area contributed by atoms with Crippen molar-refractivity contribution < 1.29 is 4.42 Å². The van der Waals surface area contributed by atoms with E-state index in [2.05, 4.69) is 19.2 Å². The molecule has 0 aliphatic carbocycles. The predicted molar refractivity (Wildman–Crippen MR) is 58.7 cm³/mol. The first-order chi connectivity index (χ1) is 6.17. The third-order valence-corrected chi connectivity index (χ3v) is 4.63. The molecule has 0 bridgehead atoms. The summed E-state index contributed by atoms with van der Waals surface area (Å²) < 4.78 is 5.83. The molecule has 2 rings (SSSR count). The van der Waals surface area contributed by atoms with Gasteiger partial charge in [-0.15, -0.1) is 23.5 Å². The zero-order valence-corrected chi connectivity index (χ0v) is 9.37. The molecule has 0 saturated carbocycles. The number of hydrogen-bond donors (Lipinski definition) is 1. The fourth-order valence-electron chi connectivity index (χ4n) is 1.20. The first kappa shape index (κ1) is 9.49.